The van der Waals surface area contributed by atoms with Gasteiger partial charge in [0.2, 0.25) is 5.16 Å². The first-order chi connectivity index (χ1) is 9.15. The van der Waals surface area contributed by atoms with Gasteiger partial charge in [-0.1, -0.05) is 11.8 Å². The number of carbonyl (C=O) groups excluding carboxylic acids is 2. The SMILES string of the molecule is CCN(CC)C(=O)n1cnc(SC2CCOC2=O)n1. The molecule has 7 nitrogen and oxygen atoms in total. The number of cyclic esters (lactones) is 1. The highest BCUT2D eigenvalue weighted by atomic mass is 32.2. The van der Waals surface area contributed by atoms with Crippen LogP contribution in [0.3, 0.4) is 0 Å². The van der Waals surface area contributed by atoms with E-state index in [0.29, 0.717) is 31.3 Å². The zero-order chi connectivity index (χ0) is 13.8. The van der Waals surface area contributed by atoms with Crippen LogP contribution < -0.4 is 0 Å². The lowest BCUT2D eigenvalue weighted by atomic mass is 10.4. The van der Waals surface area contributed by atoms with Gasteiger partial charge in [-0.25, -0.2) is 9.78 Å². The molecule has 0 aromatic carbocycles. The molecule has 2 rings (SSSR count). The maximum absolute atomic E-state index is 12.0. The molecule has 1 aromatic rings. The Morgan fingerprint density at radius 2 is 2.32 bits per heavy atom. The summed E-state index contributed by atoms with van der Waals surface area (Å²) in [6.45, 7) is 5.49. The van der Waals surface area contributed by atoms with E-state index in [1.54, 1.807) is 4.90 Å². The van der Waals surface area contributed by atoms with E-state index in [0.717, 1.165) is 0 Å². The number of rotatable bonds is 4. The Hall–Kier alpha value is -1.57. The van der Waals surface area contributed by atoms with Crippen LogP contribution in [0.15, 0.2) is 11.5 Å². The van der Waals surface area contributed by atoms with Gasteiger partial charge in [0.1, 0.15) is 11.6 Å². The van der Waals surface area contributed by atoms with Crippen LogP contribution in [0.4, 0.5) is 4.79 Å². The fourth-order valence-corrected chi connectivity index (χ4v) is 2.62. The smallest absolute Gasteiger partial charge is 0.346 e. The zero-order valence-electron chi connectivity index (χ0n) is 10.9. The molecule has 1 aromatic heterocycles. The van der Waals surface area contributed by atoms with Crippen molar-refractivity contribution >= 4 is 23.8 Å². The minimum absolute atomic E-state index is 0.210. The second-order valence-electron chi connectivity index (χ2n) is 3.99. The molecule has 8 heteroatoms. The number of hydrogen-bond acceptors (Lipinski definition) is 6. The van der Waals surface area contributed by atoms with Gasteiger partial charge in [0.15, 0.2) is 0 Å². The van der Waals surface area contributed by atoms with Gasteiger partial charge in [-0.15, -0.1) is 5.10 Å². The third-order valence-corrected chi connectivity index (χ3v) is 3.95. The van der Waals surface area contributed by atoms with E-state index in [1.807, 2.05) is 13.8 Å². The summed E-state index contributed by atoms with van der Waals surface area (Å²) >= 11 is 1.24. The van der Waals surface area contributed by atoms with Crippen LogP contribution in [0.25, 0.3) is 0 Å². The summed E-state index contributed by atoms with van der Waals surface area (Å²) in [4.78, 5) is 29.0. The van der Waals surface area contributed by atoms with Gasteiger partial charge in [0.25, 0.3) is 0 Å². The highest BCUT2D eigenvalue weighted by molar-refractivity contribution is 8.00. The average Bonchev–Trinajstić information content (AvgIpc) is 3.02. The van der Waals surface area contributed by atoms with Gasteiger partial charge in [0.05, 0.1) is 6.61 Å². The van der Waals surface area contributed by atoms with E-state index in [4.69, 9.17) is 4.74 Å². The molecule has 1 fully saturated rings. The minimum Gasteiger partial charge on any atom is -0.465 e. The number of hydrogen-bond donors (Lipinski definition) is 0. The predicted molar refractivity (Wildman–Crippen MR) is 69.0 cm³/mol. The molecule has 1 amide bonds. The maximum atomic E-state index is 12.0. The van der Waals surface area contributed by atoms with Crippen LogP contribution in [-0.2, 0) is 9.53 Å². The second kappa shape index (κ2) is 6.05. The first-order valence-electron chi connectivity index (χ1n) is 6.20. The summed E-state index contributed by atoms with van der Waals surface area (Å²) in [5.41, 5.74) is 0. The lowest BCUT2D eigenvalue weighted by Crippen LogP contribution is -2.34. The molecule has 1 aliphatic heterocycles. The minimum atomic E-state index is -0.264. The van der Waals surface area contributed by atoms with E-state index < -0.39 is 0 Å². The number of ether oxygens (including phenoxy) is 1. The number of nitrogens with zero attached hydrogens (tertiary/aromatic N) is 4. The van der Waals surface area contributed by atoms with Crippen molar-refractivity contribution in [3.8, 4) is 0 Å². The van der Waals surface area contributed by atoms with Gasteiger partial charge in [0, 0.05) is 19.5 Å². The molecule has 1 unspecified atom stereocenters. The molecule has 1 atom stereocenters. The third kappa shape index (κ3) is 3.06. The Kier molecular flexibility index (Phi) is 4.41. The maximum Gasteiger partial charge on any atom is 0.346 e. The standard InChI is InChI=1S/C11H16N4O3S/c1-3-14(4-2)11(17)15-7-12-10(13-15)19-8-5-6-18-9(8)16/h7-8H,3-6H2,1-2H3. The Labute approximate surface area is 115 Å². The van der Waals surface area contributed by atoms with Crippen molar-refractivity contribution in [2.75, 3.05) is 19.7 Å². The Morgan fingerprint density at radius 1 is 1.58 bits per heavy atom. The zero-order valence-corrected chi connectivity index (χ0v) is 11.7. The summed E-state index contributed by atoms with van der Waals surface area (Å²) in [5, 5.41) is 4.25. The molecule has 104 valence electrons. The van der Waals surface area contributed by atoms with Crippen molar-refractivity contribution in [2.45, 2.75) is 30.7 Å². The molecule has 0 aliphatic carbocycles. The quantitative estimate of drug-likeness (QED) is 0.767. The summed E-state index contributed by atoms with van der Waals surface area (Å²) in [6.07, 6.45) is 2.03. The van der Waals surface area contributed by atoms with Crippen molar-refractivity contribution < 1.29 is 14.3 Å². The van der Waals surface area contributed by atoms with Crippen LogP contribution in [0, 0.1) is 0 Å². The molecule has 1 saturated heterocycles. The molecule has 19 heavy (non-hydrogen) atoms. The fraction of sp³-hybridized carbons (Fsp3) is 0.636. The molecular formula is C11H16N4O3S. The largest absolute Gasteiger partial charge is 0.465 e. The monoisotopic (exact) mass is 284 g/mol. The number of aromatic nitrogens is 3. The van der Waals surface area contributed by atoms with E-state index in [-0.39, 0.29) is 17.3 Å². The summed E-state index contributed by atoms with van der Waals surface area (Å²) in [6, 6.07) is -0.210. The lowest BCUT2D eigenvalue weighted by molar-refractivity contribution is -0.137. The van der Waals surface area contributed by atoms with Crippen LogP contribution in [0.1, 0.15) is 20.3 Å². The van der Waals surface area contributed by atoms with Crippen LogP contribution in [0.2, 0.25) is 0 Å². The van der Waals surface area contributed by atoms with Gasteiger partial charge >= 0.3 is 12.0 Å². The molecule has 0 bridgehead atoms. The van der Waals surface area contributed by atoms with Crippen molar-refractivity contribution in [2.24, 2.45) is 0 Å². The Bertz CT molecular complexity index is 472. The number of thioether (sulfide) groups is 1. The summed E-state index contributed by atoms with van der Waals surface area (Å²) < 4.78 is 6.07. The molecule has 0 spiro atoms. The van der Waals surface area contributed by atoms with Crippen LogP contribution >= 0.6 is 11.8 Å². The van der Waals surface area contributed by atoms with E-state index in [1.165, 1.54) is 22.8 Å². The van der Waals surface area contributed by atoms with Gasteiger partial charge in [-0.2, -0.15) is 4.68 Å². The highest BCUT2D eigenvalue weighted by Gasteiger charge is 2.29. The summed E-state index contributed by atoms with van der Waals surface area (Å²) in [5.74, 6) is -0.239. The van der Waals surface area contributed by atoms with Crippen LogP contribution in [-0.4, -0.2) is 56.6 Å². The molecule has 0 N–H and O–H groups in total. The van der Waals surface area contributed by atoms with Gasteiger partial charge < -0.3 is 9.64 Å². The van der Waals surface area contributed by atoms with E-state index >= 15 is 0 Å². The first-order valence-corrected chi connectivity index (χ1v) is 7.07. The number of carbonyl (C=O) groups is 2. The third-order valence-electron chi connectivity index (χ3n) is 2.84. The average molecular weight is 284 g/mol. The highest BCUT2D eigenvalue weighted by Crippen LogP contribution is 2.26. The van der Waals surface area contributed by atoms with E-state index in [2.05, 4.69) is 10.1 Å². The van der Waals surface area contributed by atoms with Gasteiger partial charge in [-0.3, -0.25) is 4.79 Å². The van der Waals surface area contributed by atoms with Crippen molar-refractivity contribution in [1.82, 2.24) is 19.7 Å². The number of esters is 1. The molecule has 0 saturated carbocycles. The molecule has 0 radical (unpaired) electrons. The van der Waals surface area contributed by atoms with Crippen LogP contribution in [0.5, 0.6) is 0 Å². The Morgan fingerprint density at radius 3 is 2.89 bits per heavy atom. The summed E-state index contributed by atoms with van der Waals surface area (Å²) in [7, 11) is 0. The lowest BCUT2D eigenvalue weighted by Gasteiger charge is -2.17. The Balaban J connectivity index is 2.02. The molecular weight excluding hydrogens is 268 g/mol. The predicted octanol–water partition coefficient (Wildman–Crippen LogP) is 0.996. The van der Waals surface area contributed by atoms with Crippen molar-refractivity contribution in [3.63, 3.8) is 0 Å². The topological polar surface area (TPSA) is 77.3 Å². The number of amides is 1. The van der Waals surface area contributed by atoms with E-state index in [9.17, 15) is 9.59 Å². The normalized spacial score (nSPS) is 18.4. The molecule has 1 aliphatic rings. The fourth-order valence-electron chi connectivity index (χ4n) is 1.74. The second-order valence-corrected chi connectivity index (χ2v) is 5.16. The molecule has 2 heterocycles. The van der Waals surface area contributed by atoms with Crippen molar-refractivity contribution in [1.29, 1.82) is 0 Å². The first kappa shape index (κ1) is 13.9. The van der Waals surface area contributed by atoms with Gasteiger partial charge in [-0.05, 0) is 13.8 Å². The van der Waals surface area contributed by atoms with Crippen molar-refractivity contribution in [3.05, 3.63) is 6.33 Å².